The van der Waals surface area contributed by atoms with Gasteiger partial charge in [0, 0.05) is 12.6 Å². The van der Waals surface area contributed by atoms with Gasteiger partial charge < -0.3 is 5.11 Å². The number of nitrogens with zero attached hydrogens (tertiary/aromatic N) is 1. The molecule has 18 heavy (non-hydrogen) atoms. The molecule has 2 rings (SSSR count). The lowest BCUT2D eigenvalue weighted by atomic mass is 9.84. The molecule has 0 aromatic rings. The number of rotatable bonds is 3. The smallest absolute Gasteiger partial charge is 0.310 e. The summed E-state index contributed by atoms with van der Waals surface area (Å²) in [7, 11) is 0. The predicted octanol–water partition coefficient (Wildman–Crippen LogP) is 3.29. The van der Waals surface area contributed by atoms with Gasteiger partial charge in [0.1, 0.15) is 0 Å². The van der Waals surface area contributed by atoms with Crippen molar-refractivity contribution in [3.05, 3.63) is 0 Å². The maximum atomic E-state index is 11.5. The fourth-order valence-electron chi connectivity index (χ4n) is 3.63. The van der Waals surface area contributed by atoms with Crippen molar-refractivity contribution in [2.24, 2.45) is 5.41 Å². The Morgan fingerprint density at radius 1 is 1.22 bits per heavy atom. The quantitative estimate of drug-likeness (QED) is 0.839. The first kappa shape index (κ1) is 13.9. The summed E-state index contributed by atoms with van der Waals surface area (Å²) in [5.41, 5.74) is -0.456. The van der Waals surface area contributed by atoms with Gasteiger partial charge in [0.25, 0.3) is 0 Å². The van der Waals surface area contributed by atoms with Crippen LogP contribution in [0.1, 0.15) is 64.7 Å². The van der Waals surface area contributed by atoms with E-state index in [1.807, 2.05) is 6.92 Å². The molecule has 0 radical (unpaired) electrons. The van der Waals surface area contributed by atoms with E-state index >= 15 is 0 Å². The summed E-state index contributed by atoms with van der Waals surface area (Å²) in [6, 6.07) is 0.651. The molecule has 0 amide bonds. The fraction of sp³-hybridized carbons (Fsp3) is 0.933. The molecule has 1 aliphatic carbocycles. The van der Waals surface area contributed by atoms with Gasteiger partial charge in [0.05, 0.1) is 5.41 Å². The van der Waals surface area contributed by atoms with Crippen LogP contribution in [0.5, 0.6) is 0 Å². The van der Waals surface area contributed by atoms with Crippen LogP contribution >= 0.6 is 0 Å². The van der Waals surface area contributed by atoms with Crippen LogP contribution in [0, 0.1) is 5.41 Å². The Hall–Kier alpha value is -0.570. The molecule has 1 saturated heterocycles. The molecule has 0 aromatic carbocycles. The summed E-state index contributed by atoms with van der Waals surface area (Å²) >= 11 is 0. The van der Waals surface area contributed by atoms with Gasteiger partial charge in [-0.25, -0.2) is 0 Å². The first-order chi connectivity index (χ1) is 8.68. The normalized spacial score (nSPS) is 32.1. The van der Waals surface area contributed by atoms with E-state index in [-0.39, 0.29) is 0 Å². The Kier molecular flexibility index (Phi) is 4.66. The van der Waals surface area contributed by atoms with Gasteiger partial charge >= 0.3 is 5.97 Å². The molecule has 0 bridgehead atoms. The van der Waals surface area contributed by atoms with Crippen molar-refractivity contribution in [2.75, 3.05) is 13.1 Å². The molecular weight excluding hydrogens is 226 g/mol. The number of carboxylic acid groups (broad SMARTS) is 1. The van der Waals surface area contributed by atoms with Crippen molar-refractivity contribution in [2.45, 2.75) is 70.8 Å². The van der Waals surface area contributed by atoms with Crippen LogP contribution in [0.3, 0.4) is 0 Å². The minimum absolute atomic E-state index is 0.456. The van der Waals surface area contributed by atoms with E-state index < -0.39 is 11.4 Å². The van der Waals surface area contributed by atoms with E-state index in [2.05, 4.69) is 4.90 Å². The standard InChI is InChI=1S/C15H27NO2/c1-2-15(14(17)18)10-11-16(12-15)13-8-6-4-3-5-7-9-13/h13H,2-12H2,1H3,(H,17,18). The zero-order valence-electron chi connectivity index (χ0n) is 11.7. The van der Waals surface area contributed by atoms with Gasteiger partial charge in [-0.3, -0.25) is 9.69 Å². The molecule has 2 aliphatic rings. The third-order valence-electron chi connectivity index (χ3n) is 5.10. The van der Waals surface area contributed by atoms with E-state index in [4.69, 9.17) is 0 Å². The van der Waals surface area contributed by atoms with Crippen LogP contribution in [0.25, 0.3) is 0 Å². The molecule has 0 aromatic heterocycles. The number of carboxylic acids is 1. The Morgan fingerprint density at radius 3 is 2.33 bits per heavy atom. The fourth-order valence-corrected chi connectivity index (χ4v) is 3.63. The Bertz CT molecular complexity index is 284. The second kappa shape index (κ2) is 6.05. The summed E-state index contributed by atoms with van der Waals surface area (Å²) in [6.07, 6.45) is 10.9. The molecule has 1 N–H and O–H groups in total. The van der Waals surface area contributed by atoms with Crippen LogP contribution in [0.4, 0.5) is 0 Å². The summed E-state index contributed by atoms with van der Waals surface area (Å²) < 4.78 is 0. The van der Waals surface area contributed by atoms with Gasteiger partial charge in [-0.15, -0.1) is 0 Å². The highest BCUT2D eigenvalue weighted by Crippen LogP contribution is 2.37. The van der Waals surface area contributed by atoms with Gasteiger partial charge in [-0.1, -0.05) is 39.0 Å². The number of hydrogen-bond donors (Lipinski definition) is 1. The van der Waals surface area contributed by atoms with Crippen LogP contribution in [0.15, 0.2) is 0 Å². The van der Waals surface area contributed by atoms with Gasteiger partial charge in [0.15, 0.2) is 0 Å². The molecule has 104 valence electrons. The van der Waals surface area contributed by atoms with Crippen LogP contribution in [-0.2, 0) is 4.79 Å². The van der Waals surface area contributed by atoms with Crippen molar-refractivity contribution >= 4 is 5.97 Å². The van der Waals surface area contributed by atoms with Crippen LogP contribution in [0.2, 0.25) is 0 Å². The zero-order chi connectivity index (χ0) is 13.0. The third kappa shape index (κ3) is 2.87. The molecule has 1 heterocycles. The number of hydrogen-bond acceptors (Lipinski definition) is 2. The topological polar surface area (TPSA) is 40.5 Å². The van der Waals surface area contributed by atoms with E-state index in [0.717, 1.165) is 25.9 Å². The number of carbonyl (C=O) groups is 1. The van der Waals surface area contributed by atoms with Crippen molar-refractivity contribution in [1.29, 1.82) is 0 Å². The molecule has 3 nitrogen and oxygen atoms in total. The van der Waals surface area contributed by atoms with Gasteiger partial charge in [-0.05, 0) is 32.2 Å². The minimum atomic E-state index is -0.585. The van der Waals surface area contributed by atoms with Crippen LogP contribution < -0.4 is 0 Å². The molecule has 0 spiro atoms. The van der Waals surface area contributed by atoms with Gasteiger partial charge in [-0.2, -0.15) is 0 Å². The minimum Gasteiger partial charge on any atom is -0.481 e. The third-order valence-corrected chi connectivity index (χ3v) is 5.10. The summed E-state index contributed by atoms with van der Waals surface area (Å²) in [4.78, 5) is 14.0. The van der Waals surface area contributed by atoms with Crippen molar-refractivity contribution in [3.63, 3.8) is 0 Å². The second-order valence-electron chi connectivity index (χ2n) is 6.16. The van der Waals surface area contributed by atoms with E-state index in [0.29, 0.717) is 6.04 Å². The van der Waals surface area contributed by atoms with E-state index in [1.54, 1.807) is 0 Å². The summed E-state index contributed by atoms with van der Waals surface area (Å²) in [5.74, 6) is -0.585. The van der Waals surface area contributed by atoms with Crippen molar-refractivity contribution < 1.29 is 9.90 Å². The highest BCUT2D eigenvalue weighted by molar-refractivity contribution is 5.75. The lowest BCUT2D eigenvalue weighted by Gasteiger charge is -2.31. The van der Waals surface area contributed by atoms with Crippen molar-refractivity contribution in [1.82, 2.24) is 4.90 Å². The maximum absolute atomic E-state index is 11.5. The molecular formula is C15H27NO2. The van der Waals surface area contributed by atoms with E-state index in [9.17, 15) is 9.90 Å². The molecule has 1 aliphatic heterocycles. The number of aliphatic carboxylic acids is 1. The Labute approximate surface area is 111 Å². The first-order valence-electron chi connectivity index (χ1n) is 7.65. The largest absolute Gasteiger partial charge is 0.481 e. The SMILES string of the molecule is CCC1(C(=O)O)CCN(C2CCCCCCC2)C1. The Balaban J connectivity index is 1.96. The highest BCUT2D eigenvalue weighted by atomic mass is 16.4. The van der Waals surface area contributed by atoms with Crippen molar-refractivity contribution in [3.8, 4) is 0 Å². The molecule has 1 atom stereocenters. The molecule has 1 saturated carbocycles. The molecule has 1 unspecified atom stereocenters. The predicted molar refractivity (Wildman–Crippen MR) is 72.7 cm³/mol. The summed E-state index contributed by atoms with van der Waals surface area (Å²) in [6.45, 7) is 3.80. The molecule has 3 heteroatoms. The van der Waals surface area contributed by atoms with E-state index in [1.165, 1.54) is 44.9 Å². The lowest BCUT2D eigenvalue weighted by molar-refractivity contribution is -0.148. The maximum Gasteiger partial charge on any atom is 0.310 e. The Morgan fingerprint density at radius 2 is 1.83 bits per heavy atom. The van der Waals surface area contributed by atoms with Gasteiger partial charge in [0.2, 0.25) is 0 Å². The average molecular weight is 253 g/mol. The number of likely N-dealkylation sites (tertiary alicyclic amines) is 1. The van der Waals surface area contributed by atoms with Crippen LogP contribution in [-0.4, -0.2) is 35.1 Å². The highest BCUT2D eigenvalue weighted by Gasteiger charge is 2.44. The zero-order valence-corrected chi connectivity index (χ0v) is 11.7. The second-order valence-corrected chi connectivity index (χ2v) is 6.16. The molecule has 2 fully saturated rings. The monoisotopic (exact) mass is 253 g/mol. The first-order valence-corrected chi connectivity index (χ1v) is 7.65. The lowest BCUT2D eigenvalue weighted by Crippen LogP contribution is -2.39. The average Bonchev–Trinajstić information content (AvgIpc) is 2.74. The summed E-state index contributed by atoms with van der Waals surface area (Å²) in [5, 5.41) is 9.45.